The zero-order valence-electron chi connectivity index (χ0n) is 11.3. The maximum absolute atomic E-state index is 8.95. The summed E-state index contributed by atoms with van der Waals surface area (Å²) in [5.74, 6) is 1.69. The molecule has 1 unspecified atom stereocenters. The van der Waals surface area contributed by atoms with Crippen LogP contribution in [-0.2, 0) is 6.42 Å². The summed E-state index contributed by atoms with van der Waals surface area (Å²) in [7, 11) is 0. The van der Waals surface area contributed by atoms with Crippen LogP contribution >= 0.6 is 0 Å². The summed E-state index contributed by atoms with van der Waals surface area (Å²) in [4.78, 5) is 4.37. The standard InChI is InChI=1S/C16H15N3O/c1-11-6-12(9-17)7-16(19-11)18-10-14-8-13-4-2-3-5-15(13)20-14/h2-7,14H,8,10H2,1H3,(H,18,19). The number of nitrogens with one attached hydrogen (secondary N) is 1. The minimum Gasteiger partial charge on any atom is -0.488 e. The highest BCUT2D eigenvalue weighted by Crippen LogP contribution is 2.28. The molecule has 1 N–H and O–H groups in total. The molecular weight excluding hydrogens is 250 g/mol. The van der Waals surface area contributed by atoms with Gasteiger partial charge in [-0.25, -0.2) is 4.98 Å². The molecule has 0 saturated carbocycles. The molecule has 0 aliphatic carbocycles. The molecule has 0 saturated heterocycles. The molecule has 0 bridgehead atoms. The number of nitrogens with zero attached hydrogens (tertiary/aromatic N) is 2. The second kappa shape index (κ2) is 5.22. The van der Waals surface area contributed by atoms with Gasteiger partial charge in [-0.1, -0.05) is 18.2 Å². The topological polar surface area (TPSA) is 57.9 Å². The van der Waals surface area contributed by atoms with E-state index in [1.54, 1.807) is 12.1 Å². The maximum atomic E-state index is 8.95. The Balaban J connectivity index is 1.64. The van der Waals surface area contributed by atoms with Gasteiger partial charge in [0.25, 0.3) is 0 Å². The van der Waals surface area contributed by atoms with Crippen LogP contribution in [0.3, 0.4) is 0 Å². The molecule has 2 heterocycles. The SMILES string of the molecule is Cc1cc(C#N)cc(NCC2Cc3ccccc3O2)n1. The number of rotatable bonds is 3. The fourth-order valence-electron chi connectivity index (χ4n) is 2.41. The van der Waals surface area contributed by atoms with Crippen LogP contribution < -0.4 is 10.1 Å². The third kappa shape index (κ3) is 2.57. The summed E-state index contributed by atoms with van der Waals surface area (Å²) in [6.07, 6.45) is 1.01. The van der Waals surface area contributed by atoms with Gasteiger partial charge < -0.3 is 10.1 Å². The molecule has 0 fully saturated rings. The lowest BCUT2D eigenvalue weighted by molar-refractivity contribution is 0.246. The third-order valence-electron chi connectivity index (χ3n) is 3.31. The fraction of sp³-hybridized carbons (Fsp3) is 0.250. The molecule has 1 atom stereocenters. The van der Waals surface area contributed by atoms with Gasteiger partial charge in [-0.05, 0) is 30.7 Å². The van der Waals surface area contributed by atoms with Crippen LogP contribution in [0.25, 0.3) is 0 Å². The van der Waals surface area contributed by atoms with Crippen LogP contribution in [0.15, 0.2) is 36.4 Å². The first-order valence-corrected chi connectivity index (χ1v) is 6.62. The fourth-order valence-corrected chi connectivity index (χ4v) is 2.41. The number of nitriles is 1. The van der Waals surface area contributed by atoms with Crippen molar-refractivity contribution in [1.29, 1.82) is 5.26 Å². The lowest BCUT2D eigenvalue weighted by atomic mass is 10.1. The van der Waals surface area contributed by atoms with Crippen molar-refractivity contribution in [2.45, 2.75) is 19.4 Å². The molecule has 1 aromatic heterocycles. The normalized spacial score (nSPS) is 16.1. The van der Waals surface area contributed by atoms with E-state index in [9.17, 15) is 0 Å². The van der Waals surface area contributed by atoms with E-state index >= 15 is 0 Å². The molecule has 2 aromatic rings. The molecule has 100 valence electrons. The Hall–Kier alpha value is -2.54. The Morgan fingerprint density at radius 1 is 1.40 bits per heavy atom. The molecule has 20 heavy (non-hydrogen) atoms. The van der Waals surface area contributed by atoms with Gasteiger partial charge in [-0.3, -0.25) is 0 Å². The van der Waals surface area contributed by atoms with Gasteiger partial charge in [0.15, 0.2) is 0 Å². The molecule has 1 aromatic carbocycles. The molecule has 0 spiro atoms. The van der Waals surface area contributed by atoms with Crippen molar-refractivity contribution in [3.8, 4) is 11.8 Å². The number of para-hydroxylation sites is 1. The molecule has 4 heteroatoms. The van der Waals surface area contributed by atoms with Gasteiger partial charge in [-0.2, -0.15) is 5.26 Å². The maximum Gasteiger partial charge on any atom is 0.127 e. The number of anilines is 1. The smallest absolute Gasteiger partial charge is 0.127 e. The van der Waals surface area contributed by atoms with Gasteiger partial charge in [0, 0.05) is 12.1 Å². The van der Waals surface area contributed by atoms with E-state index in [1.165, 1.54) is 5.56 Å². The predicted molar refractivity (Wildman–Crippen MR) is 76.7 cm³/mol. The highest BCUT2D eigenvalue weighted by atomic mass is 16.5. The number of hydrogen-bond acceptors (Lipinski definition) is 4. The summed E-state index contributed by atoms with van der Waals surface area (Å²) in [5.41, 5.74) is 2.70. The van der Waals surface area contributed by atoms with Crippen LogP contribution in [0.1, 0.15) is 16.8 Å². The van der Waals surface area contributed by atoms with Crippen LogP contribution in [0, 0.1) is 18.3 Å². The van der Waals surface area contributed by atoms with Gasteiger partial charge >= 0.3 is 0 Å². The Bertz CT molecular complexity index is 651. The van der Waals surface area contributed by atoms with E-state index in [1.807, 2.05) is 25.1 Å². The van der Waals surface area contributed by atoms with Crippen LogP contribution in [0.5, 0.6) is 5.75 Å². The number of aromatic nitrogens is 1. The lowest BCUT2D eigenvalue weighted by Crippen LogP contribution is -2.24. The molecule has 4 nitrogen and oxygen atoms in total. The molecule has 0 amide bonds. The van der Waals surface area contributed by atoms with Gasteiger partial charge in [-0.15, -0.1) is 0 Å². The van der Waals surface area contributed by atoms with E-state index < -0.39 is 0 Å². The minimum atomic E-state index is 0.111. The second-order valence-electron chi connectivity index (χ2n) is 4.93. The van der Waals surface area contributed by atoms with Crippen molar-refractivity contribution in [1.82, 2.24) is 4.98 Å². The van der Waals surface area contributed by atoms with E-state index in [2.05, 4.69) is 22.4 Å². The van der Waals surface area contributed by atoms with Crippen LogP contribution in [-0.4, -0.2) is 17.6 Å². The lowest BCUT2D eigenvalue weighted by Gasteiger charge is -2.12. The highest BCUT2D eigenvalue weighted by molar-refractivity contribution is 5.45. The van der Waals surface area contributed by atoms with Crippen molar-refractivity contribution in [2.24, 2.45) is 0 Å². The average molecular weight is 265 g/mol. The monoisotopic (exact) mass is 265 g/mol. The quantitative estimate of drug-likeness (QED) is 0.927. The molecule has 0 radical (unpaired) electrons. The zero-order chi connectivity index (χ0) is 13.9. The van der Waals surface area contributed by atoms with E-state index in [4.69, 9.17) is 10.00 Å². The summed E-state index contributed by atoms with van der Waals surface area (Å²) < 4.78 is 5.86. The van der Waals surface area contributed by atoms with Crippen LogP contribution in [0.4, 0.5) is 5.82 Å². The van der Waals surface area contributed by atoms with Crippen molar-refractivity contribution in [3.63, 3.8) is 0 Å². The Morgan fingerprint density at radius 2 is 2.25 bits per heavy atom. The molecule has 1 aliphatic heterocycles. The van der Waals surface area contributed by atoms with Crippen molar-refractivity contribution < 1.29 is 4.74 Å². The zero-order valence-corrected chi connectivity index (χ0v) is 11.3. The summed E-state index contributed by atoms with van der Waals surface area (Å²) in [5, 5.41) is 12.2. The summed E-state index contributed by atoms with van der Waals surface area (Å²) >= 11 is 0. The van der Waals surface area contributed by atoms with Crippen molar-refractivity contribution >= 4 is 5.82 Å². The Labute approximate surface area is 118 Å². The second-order valence-corrected chi connectivity index (χ2v) is 4.93. The molecular formula is C16H15N3O. The van der Waals surface area contributed by atoms with Gasteiger partial charge in [0.2, 0.25) is 0 Å². The predicted octanol–water partition coefficient (Wildman–Crippen LogP) is 2.68. The third-order valence-corrected chi connectivity index (χ3v) is 3.31. The van der Waals surface area contributed by atoms with Crippen molar-refractivity contribution in [3.05, 3.63) is 53.2 Å². The Kier molecular flexibility index (Phi) is 3.26. The van der Waals surface area contributed by atoms with E-state index in [0.29, 0.717) is 12.1 Å². The first-order valence-electron chi connectivity index (χ1n) is 6.62. The number of benzene rings is 1. The number of aryl methyl sites for hydroxylation is 1. The molecule has 1 aliphatic rings. The first-order chi connectivity index (χ1) is 9.74. The average Bonchev–Trinajstić information content (AvgIpc) is 2.87. The number of pyridine rings is 1. The minimum absolute atomic E-state index is 0.111. The number of hydrogen-bond donors (Lipinski definition) is 1. The first kappa shape index (κ1) is 12.5. The largest absolute Gasteiger partial charge is 0.488 e. The van der Waals surface area contributed by atoms with E-state index in [0.717, 1.165) is 23.7 Å². The molecule has 3 rings (SSSR count). The number of ether oxygens (including phenoxy) is 1. The van der Waals surface area contributed by atoms with E-state index in [-0.39, 0.29) is 6.10 Å². The number of fused-ring (bicyclic) bond motifs is 1. The van der Waals surface area contributed by atoms with Crippen molar-refractivity contribution in [2.75, 3.05) is 11.9 Å². The van der Waals surface area contributed by atoms with Crippen LogP contribution in [0.2, 0.25) is 0 Å². The summed E-state index contributed by atoms with van der Waals surface area (Å²) in [6, 6.07) is 13.8. The summed E-state index contributed by atoms with van der Waals surface area (Å²) in [6.45, 7) is 2.56. The van der Waals surface area contributed by atoms with Gasteiger partial charge in [0.1, 0.15) is 17.7 Å². The highest BCUT2D eigenvalue weighted by Gasteiger charge is 2.21. The van der Waals surface area contributed by atoms with Gasteiger partial charge in [0.05, 0.1) is 18.2 Å². The Morgan fingerprint density at radius 3 is 3.05 bits per heavy atom.